The summed E-state index contributed by atoms with van der Waals surface area (Å²) in [6.45, 7) is 2.86. The molecule has 0 aliphatic carbocycles. The molecular weight excluding hydrogens is 274 g/mol. The number of rotatable bonds is 7. The van der Waals surface area contributed by atoms with Crippen molar-refractivity contribution >= 4 is 17.1 Å². The molecule has 0 bridgehead atoms. The van der Waals surface area contributed by atoms with Gasteiger partial charge in [-0.3, -0.25) is 0 Å². The first-order valence-electron chi connectivity index (χ1n) is 7.63. The van der Waals surface area contributed by atoms with Gasteiger partial charge in [-0.2, -0.15) is 4.98 Å². The van der Waals surface area contributed by atoms with Crippen LogP contribution in [0.15, 0.2) is 59.0 Å². The smallest absolute Gasteiger partial charge is 0.295 e. The van der Waals surface area contributed by atoms with E-state index in [0.29, 0.717) is 6.01 Å². The third-order valence-electron chi connectivity index (χ3n) is 3.58. The van der Waals surface area contributed by atoms with Crippen LogP contribution < -0.4 is 5.32 Å². The molecule has 1 heterocycles. The highest BCUT2D eigenvalue weighted by Crippen LogP contribution is 2.17. The fourth-order valence-electron chi connectivity index (χ4n) is 2.47. The zero-order valence-corrected chi connectivity index (χ0v) is 12.8. The van der Waals surface area contributed by atoms with Crippen molar-refractivity contribution in [1.29, 1.82) is 0 Å². The maximum atomic E-state index is 5.63. The Labute approximate surface area is 130 Å². The number of fused-ring (bicyclic) bond motifs is 1. The van der Waals surface area contributed by atoms with Gasteiger partial charge < -0.3 is 14.6 Å². The number of anilines is 1. The van der Waals surface area contributed by atoms with Gasteiger partial charge in [-0.05, 0) is 37.7 Å². The SMILES string of the molecule is CN(CCCNc1nc2ccccc2o1)Cc1ccccc1. The Morgan fingerprint density at radius 3 is 2.64 bits per heavy atom. The molecule has 1 aromatic heterocycles. The van der Waals surface area contributed by atoms with Crippen molar-refractivity contribution in [3.8, 4) is 0 Å². The van der Waals surface area contributed by atoms with Crippen LogP contribution >= 0.6 is 0 Å². The predicted octanol–water partition coefficient (Wildman–Crippen LogP) is 3.76. The maximum Gasteiger partial charge on any atom is 0.295 e. The van der Waals surface area contributed by atoms with Crippen LogP contribution in [-0.4, -0.2) is 30.0 Å². The number of para-hydroxylation sites is 2. The number of oxazole rings is 1. The van der Waals surface area contributed by atoms with E-state index in [2.05, 4.69) is 46.5 Å². The fourth-order valence-corrected chi connectivity index (χ4v) is 2.47. The van der Waals surface area contributed by atoms with E-state index in [0.717, 1.165) is 37.2 Å². The Morgan fingerprint density at radius 2 is 1.82 bits per heavy atom. The normalized spacial score (nSPS) is 11.2. The lowest BCUT2D eigenvalue weighted by Gasteiger charge is -2.16. The first-order chi connectivity index (χ1) is 10.8. The second-order valence-corrected chi connectivity index (χ2v) is 5.49. The van der Waals surface area contributed by atoms with Crippen LogP contribution in [0.2, 0.25) is 0 Å². The summed E-state index contributed by atoms with van der Waals surface area (Å²) in [5.74, 6) is 0. The molecule has 0 saturated heterocycles. The summed E-state index contributed by atoms with van der Waals surface area (Å²) in [5.41, 5.74) is 3.06. The van der Waals surface area contributed by atoms with E-state index < -0.39 is 0 Å². The molecule has 0 saturated carbocycles. The summed E-state index contributed by atoms with van der Waals surface area (Å²) in [4.78, 5) is 6.73. The number of nitrogens with zero attached hydrogens (tertiary/aromatic N) is 2. The highest BCUT2D eigenvalue weighted by Gasteiger charge is 2.04. The summed E-state index contributed by atoms with van der Waals surface area (Å²) in [5, 5.41) is 3.25. The third kappa shape index (κ3) is 3.86. The van der Waals surface area contributed by atoms with E-state index in [9.17, 15) is 0 Å². The van der Waals surface area contributed by atoms with Gasteiger partial charge in [0.05, 0.1) is 0 Å². The molecule has 3 aromatic rings. The maximum absolute atomic E-state index is 5.63. The zero-order chi connectivity index (χ0) is 15.2. The van der Waals surface area contributed by atoms with Gasteiger partial charge in [0.25, 0.3) is 6.01 Å². The number of hydrogen-bond acceptors (Lipinski definition) is 4. The van der Waals surface area contributed by atoms with Crippen molar-refractivity contribution in [2.45, 2.75) is 13.0 Å². The Balaban J connectivity index is 1.41. The largest absolute Gasteiger partial charge is 0.424 e. The summed E-state index contributed by atoms with van der Waals surface area (Å²) in [6.07, 6.45) is 1.04. The lowest BCUT2D eigenvalue weighted by Crippen LogP contribution is -2.21. The van der Waals surface area contributed by atoms with E-state index in [1.165, 1.54) is 5.56 Å². The fraction of sp³-hybridized carbons (Fsp3) is 0.278. The minimum Gasteiger partial charge on any atom is -0.424 e. The van der Waals surface area contributed by atoms with Gasteiger partial charge in [0.1, 0.15) is 5.52 Å². The first kappa shape index (κ1) is 14.6. The molecule has 0 aliphatic rings. The van der Waals surface area contributed by atoms with Crippen LogP contribution in [-0.2, 0) is 6.54 Å². The quantitative estimate of drug-likeness (QED) is 0.674. The van der Waals surface area contributed by atoms with Gasteiger partial charge in [0.15, 0.2) is 5.58 Å². The van der Waals surface area contributed by atoms with Crippen LogP contribution in [0, 0.1) is 0 Å². The van der Waals surface area contributed by atoms with Gasteiger partial charge >= 0.3 is 0 Å². The Bertz CT molecular complexity index is 675. The number of benzene rings is 2. The van der Waals surface area contributed by atoms with Crippen molar-refractivity contribution in [3.05, 3.63) is 60.2 Å². The van der Waals surface area contributed by atoms with Gasteiger partial charge in [-0.1, -0.05) is 42.5 Å². The number of nitrogens with one attached hydrogen (secondary N) is 1. The molecule has 2 aromatic carbocycles. The van der Waals surface area contributed by atoms with Crippen LogP contribution in [0.25, 0.3) is 11.1 Å². The van der Waals surface area contributed by atoms with Gasteiger partial charge in [-0.15, -0.1) is 0 Å². The van der Waals surface area contributed by atoms with E-state index in [1.54, 1.807) is 0 Å². The molecule has 4 heteroatoms. The highest BCUT2D eigenvalue weighted by atomic mass is 16.4. The average Bonchev–Trinajstić information content (AvgIpc) is 2.95. The molecule has 0 fully saturated rings. The Morgan fingerprint density at radius 1 is 1.05 bits per heavy atom. The van der Waals surface area contributed by atoms with Crippen LogP contribution in [0.4, 0.5) is 6.01 Å². The van der Waals surface area contributed by atoms with Crippen molar-refractivity contribution in [1.82, 2.24) is 9.88 Å². The summed E-state index contributed by atoms with van der Waals surface area (Å²) in [7, 11) is 2.15. The van der Waals surface area contributed by atoms with E-state index in [-0.39, 0.29) is 0 Å². The molecule has 4 nitrogen and oxygen atoms in total. The zero-order valence-electron chi connectivity index (χ0n) is 12.8. The van der Waals surface area contributed by atoms with Gasteiger partial charge in [0.2, 0.25) is 0 Å². The molecule has 0 aliphatic heterocycles. The van der Waals surface area contributed by atoms with Crippen molar-refractivity contribution in [2.75, 3.05) is 25.5 Å². The lowest BCUT2D eigenvalue weighted by atomic mass is 10.2. The van der Waals surface area contributed by atoms with Gasteiger partial charge in [-0.25, -0.2) is 0 Å². The second-order valence-electron chi connectivity index (χ2n) is 5.49. The molecule has 22 heavy (non-hydrogen) atoms. The Hall–Kier alpha value is -2.33. The van der Waals surface area contributed by atoms with Crippen LogP contribution in [0.1, 0.15) is 12.0 Å². The number of aromatic nitrogens is 1. The molecule has 0 amide bonds. The summed E-state index contributed by atoms with van der Waals surface area (Å²) in [6, 6.07) is 18.9. The molecule has 114 valence electrons. The van der Waals surface area contributed by atoms with Crippen molar-refractivity contribution < 1.29 is 4.42 Å². The molecule has 3 rings (SSSR count). The molecule has 0 radical (unpaired) electrons. The van der Waals surface area contributed by atoms with Crippen molar-refractivity contribution in [3.63, 3.8) is 0 Å². The molecule has 0 atom stereocenters. The summed E-state index contributed by atoms with van der Waals surface area (Å²) >= 11 is 0. The monoisotopic (exact) mass is 295 g/mol. The van der Waals surface area contributed by atoms with Crippen molar-refractivity contribution in [2.24, 2.45) is 0 Å². The predicted molar refractivity (Wildman–Crippen MR) is 89.9 cm³/mol. The molecule has 0 unspecified atom stereocenters. The second kappa shape index (κ2) is 7.09. The Kier molecular flexibility index (Phi) is 4.71. The van der Waals surface area contributed by atoms with Gasteiger partial charge in [0, 0.05) is 13.1 Å². The minimum atomic E-state index is 0.604. The van der Waals surface area contributed by atoms with Crippen LogP contribution in [0.5, 0.6) is 0 Å². The third-order valence-corrected chi connectivity index (χ3v) is 3.58. The first-order valence-corrected chi connectivity index (χ1v) is 7.63. The number of hydrogen-bond donors (Lipinski definition) is 1. The topological polar surface area (TPSA) is 41.3 Å². The molecule has 0 spiro atoms. The highest BCUT2D eigenvalue weighted by molar-refractivity contribution is 5.74. The standard InChI is InChI=1S/C18H21N3O/c1-21(14-15-8-3-2-4-9-15)13-7-12-19-18-20-16-10-5-6-11-17(16)22-18/h2-6,8-11H,7,12-14H2,1H3,(H,19,20). The molecular formula is C18H21N3O. The average molecular weight is 295 g/mol. The summed E-state index contributed by atoms with van der Waals surface area (Å²) < 4.78 is 5.63. The van der Waals surface area contributed by atoms with E-state index in [4.69, 9.17) is 4.42 Å². The minimum absolute atomic E-state index is 0.604. The lowest BCUT2D eigenvalue weighted by molar-refractivity contribution is 0.325. The van der Waals surface area contributed by atoms with Crippen LogP contribution in [0.3, 0.4) is 0 Å². The van der Waals surface area contributed by atoms with E-state index in [1.807, 2.05) is 30.3 Å². The van der Waals surface area contributed by atoms with E-state index >= 15 is 0 Å². The molecule has 1 N–H and O–H groups in total.